The summed E-state index contributed by atoms with van der Waals surface area (Å²) >= 11 is 0. The average Bonchev–Trinajstić information content (AvgIpc) is 2.55. The molecule has 2 rings (SSSR count). The first kappa shape index (κ1) is 15.9. The highest BCUT2D eigenvalue weighted by Gasteiger charge is 2.05. The van der Waals surface area contributed by atoms with Gasteiger partial charge >= 0.3 is 0 Å². The average molecular weight is 301 g/mol. The number of anilines is 1. The number of hydrogen-bond acceptors (Lipinski definition) is 4. The lowest BCUT2D eigenvalue weighted by molar-refractivity contribution is -0.119. The maximum atomic E-state index is 11.5. The van der Waals surface area contributed by atoms with E-state index in [1.807, 2.05) is 42.5 Å². The quantitative estimate of drug-likeness (QED) is 0.891. The first-order valence-electron chi connectivity index (χ1n) is 6.78. The largest absolute Gasteiger partial charge is 0.497 e. The minimum Gasteiger partial charge on any atom is -0.497 e. The second-order valence-corrected chi connectivity index (χ2v) is 4.66. The molecular formula is C17H19NO4. The van der Waals surface area contributed by atoms with Gasteiger partial charge in [-0.2, -0.15) is 0 Å². The number of methoxy groups -OCH3 is 3. The second-order valence-electron chi connectivity index (χ2n) is 4.66. The molecule has 0 atom stereocenters. The molecule has 0 radical (unpaired) electrons. The predicted molar refractivity (Wildman–Crippen MR) is 85.5 cm³/mol. The van der Waals surface area contributed by atoms with Crippen LogP contribution in [0.3, 0.4) is 0 Å². The standard InChI is InChI=1S/C17H19NO4/c1-20-11-17(19)18-14-6-4-12(5-7-14)13-8-15(21-2)10-16(9-13)22-3/h4-10H,11H2,1-3H3,(H,18,19). The minimum absolute atomic E-state index is 0.0365. The second kappa shape index (κ2) is 7.47. The third-order valence-electron chi connectivity index (χ3n) is 3.13. The van der Waals surface area contributed by atoms with Crippen molar-refractivity contribution >= 4 is 11.6 Å². The van der Waals surface area contributed by atoms with Crippen molar-refractivity contribution in [3.8, 4) is 22.6 Å². The summed E-state index contributed by atoms with van der Waals surface area (Å²) in [5, 5.41) is 2.75. The summed E-state index contributed by atoms with van der Waals surface area (Å²) in [6, 6.07) is 13.2. The van der Waals surface area contributed by atoms with E-state index in [9.17, 15) is 4.79 Å². The fraction of sp³-hybridized carbons (Fsp3) is 0.235. The molecule has 2 aromatic rings. The van der Waals surface area contributed by atoms with E-state index in [1.54, 1.807) is 14.2 Å². The van der Waals surface area contributed by atoms with Gasteiger partial charge in [-0.05, 0) is 35.4 Å². The smallest absolute Gasteiger partial charge is 0.250 e. The number of benzene rings is 2. The Bertz CT molecular complexity index is 615. The molecule has 1 N–H and O–H groups in total. The third-order valence-corrected chi connectivity index (χ3v) is 3.13. The highest BCUT2D eigenvalue weighted by molar-refractivity contribution is 5.92. The Morgan fingerprint density at radius 1 is 0.909 bits per heavy atom. The minimum atomic E-state index is -0.182. The number of hydrogen-bond donors (Lipinski definition) is 1. The van der Waals surface area contributed by atoms with E-state index in [0.29, 0.717) is 0 Å². The van der Waals surface area contributed by atoms with Crippen LogP contribution < -0.4 is 14.8 Å². The first-order chi connectivity index (χ1) is 10.7. The molecule has 2 aromatic carbocycles. The SMILES string of the molecule is COCC(=O)Nc1ccc(-c2cc(OC)cc(OC)c2)cc1. The van der Waals surface area contributed by atoms with Gasteiger partial charge in [-0.25, -0.2) is 0 Å². The van der Waals surface area contributed by atoms with Crippen LogP contribution in [0.4, 0.5) is 5.69 Å². The fourth-order valence-corrected chi connectivity index (χ4v) is 2.05. The van der Waals surface area contributed by atoms with Gasteiger partial charge in [0.2, 0.25) is 5.91 Å². The van der Waals surface area contributed by atoms with Crippen LogP contribution in [0.2, 0.25) is 0 Å². The van der Waals surface area contributed by atoms with Crippen LogP contribution in [0, 0.1) is 0 Å². The van der Waals surface area contributed by atoms with Gasteiger partial charge in [0.1, 0.15) is 18.1 Å². The molecule has 0 aliphatic carbocycles. The fourth-order valence-electron chi connectivity index (χ4n) is 2.05. The van der Waals surface area contributed by atoms with E-state index in [1.165, 1.54) is 7.11 Å². The first-order valence-corrected chi connectivity index (χ1v) is 6.78. The summed E-state index contributed by atoms with van der Waals surface area (Å²) < 4.78 is 15.3. The molecule has 0 spiro atoms. The lowest BCUT2D eigenvalue weighted by atomic mass is 10.0. The van der Waals surface area contributed by atoms with E-state index in [0.717, 1.165) is 28.3 Å². The Labute approximate surface area is 129 Å². The molecule has 116 valence electrons. The summed E-state index contributed by atoms with van der Waals surface area (Å²) in [6.45, 7) is 0.0365. The number of carbonyl (C=O) groups excluding carboxylic acids is 1. The van der Waals surface area contributed by atoms with Crippen molar-refractivity contribution in [2.75, 3.05) is 33.3 Å². The molecule has 0 heterocycles. The van der Waals surface area contributed by atoms with Crippen LogP contribution >= 0.6 is 0 Å². The van der Waals surface area contributed by atoms with Crippen LogP contribution in [0.25, 0.3) is 11.1 Å². The van der Waals surface area contributed by atoms with E-state index in [2.05, 4.69) is 5.32 Å². The maximum Gasteiger partial charge on any atom is 0.250 e. The molecule has 0 saturated heterocycles. The number of nitrogens with one attached hydrogen (secondary N) is 1. The van der Waals surface area contributed by atoms with Gasteiger partial charge in [-0.15, -0.1) is 0 Å². The Kier molecular flexibility index (Phi) is 5.38. The lowest BCUT2D eigenvalue weighted by Crippen LogP contribution is -2.16. The Hall–Kier alpha value is -2.53. The van der Waals surface area contributed by atoms with Crippen molar-refractivity contribution in [2.24, 2.45) is 0 Å². The topological polar surface area (TPSA) is 56.8 Å². The molecule has 0 aromatic heterocycles. The van der Waals surface area contributed by atoms with Crippen LogP contribution in [0.15, 0.2) is 42.5 Å². The highest BCUT2D eigenvalue weighted by atomic mass is 16.5. The van der Waals surface area contributed by atoms with Crippen LogP contribution in [-0.4, -0.2) is 33.8 Å². The van der Waals surface area contributed by atoms with Crippen molar-refractivity contribution in [1.82, 2.24) is 0 Å². The zero-order valence-electron chi connectivity index (χ0n) is 12.9. The summed E-state index contributed by atoms with van der Waals surface area (Å²) in [5.74, 6) is 1.27. The molecule has 0 unspecified atom stereocenters. The molecule has 22 heavy (non-hydrogen) atoms. The molecule has 0 saturated carbocycles. The summed E-state index contributed by atoms with van der Waals surface area (Å²) in [6.07, 6.45) is 0. The molecule has 5 nitrogen and oxygen atoms in total. The summed E-state index contributed by atoms with van der Waals surface area (Å²) in [5.41, 5.74) is 2.70. The molecule has 1 amide bonds. The van der Waals surface area contributed by atoms with Crippen molar-refractivity contribution in [1.29, 1.82) is 0 Å². The third kappa shape index (κ3) is 3.99. The summed E-state index contributed by atoms with van der Waals surface area (Å²) in [7, 11) is 4.72. The van der Waals surface area contributed by atoms with Crippen molar-refractivity contribution in [2.45, 2.75) is 0 Å². The van der Waals surface area contributed by atoms with Crippen molar-refractivity contribution in [3.63, 3.8) is 0 Å². The van der Waals surface area contributed by atoms with Crippen LogP contribution in [0.5, 0.6) is 11.5 Å². The van der Waals surface area contributed by atoms with Crippen molar-refractivity contribution < 1.29 is 19.0 Å². The zero-order chi connectivity index (χ0) is 15.9. The molecule has 5 heteroatoms. The van der Waals surface area contributed by atoms with Gasteiger partial charge in [-0.3, -0.25) is 4.79 Å². The van der Waals surface area contributed by atoms with E-state index in [4.69, 9.17) is 14.2 Å². The number of ether oxygens (including phenoxy) is 3. The molecule has 0 aliphatic heterocycles. The van der Waals surface area contributed by atoms with Gasteiger partial charge in [0, 0.05) is 18.9 Å². The van der Waals surface area contributed by atoms with Gasteiger partial charge in [-0.1, -0.05) is 12.1 Å². The molecule has 0 aliphatic rings. The summed E-state index contributed by atoms with van der Waals surface area (Å²) in [4.78, 5) is 11.5. The van der Waals surface area contributed by atoms with E-state index < -0.39 is 0 Å². The predicted octanol–water partition coefficient (Wildman–Crippen LogP) is 2.96. The number of rotatable bonds is 6. The Morgan fingerprint density at radius 2 is 1.50 bits per heavy atom. The van der Waals surface area contributed by atoms with Gasteiger partial charge in [0.25, 0.3) is 0 Å². The van der Waals surface area contributed by atoms with E-state index >= 15 is 0 Å². The number of amides is 1. The monoisotopic (exact) mass is 301 g/mol. The van der Waals surface area contributed by atoms with Crippen LogP contribution in [0.1, 0.15) is 0 Å². The van der Waals surface area contributed by atoms with Gasteiger partial charge in [0.15, 0.2) is 0 Å². The lowest BCUT2D eigenvalue weighted by Gasteiger charge is -2.10. The number of carbonyl (C=O) groups is 1. The Balaban J connectivity index is 2.21. The molecule has 0 bridgehead atoms. The normalized spacial score (nSPS) is 10.1. The maximum absolute atomic E-state index is 11.5. The zero-order valence-corrected chi connectivity index (χ0v) is 12.9. The van der Waals surface area contributed by atoms with Gasteiger partial charge < -0.3 is 19.5 Å². The Morgan fingerprint density at radius 3 is 2.00 bits per heavy atom. The molecule has 0 fully saturated rings. The highest BCUT2D eigenvalue weighted by Crippen LogP contribution is 2.30. The van der Waals surface area contributed by atoms with Gasteiger partial charge in [0.05, 0.1) is 14.2 Å². The van der Waals surface area contributed by atoms with Crippen LogP contribution in [-0.2, 0) is 9.53 Å². The van der Waals surface area contributed by atoms with Crippen molar-refractivity contribution in [3.05, 3.63) is 42.5 Å². The molecular weight excluding hydrogens is 282 g/mol. The van der Waals surface area contributed by atoms with E-state index in [-0.39, 0.29) is 12.5 Å².